The molecule has 2 atom stereocenters. The van der Waals surface area contributed by atoms with Crippen molar-refractivity contribution in [2.45, 2.75) is 99.1 Å². The number of fused-ring (bicyclic) bond motifs is 1. The molecule has 0 aliphatic rings. The molecule has 0 aliphatic carbocycles. The summed E-state index contributed by atoms with van der Waals surface area (Å²) in [6.07, 6.45) is 2.46. The molecule has 0 unspecified atom stereocenters. The molecule has 7 aromatic rings. The molecular weight excluding hydrogens is 1150 g/mol. The first kappa shape index (κ1) is 68.2. The van der Waals surface area contributed by atoms with E-state index < -0.39 is 34.7 Å². The molecule has 6 aromatic carbocycles. The predicted octanol–water partition coefficient (Wildman–Crippen LogP) is 13.9. The van der Waals surface area contributed by atoms with Crippen LogP contribution in [0, 0.1) is 40.2 Å². The Kier molecular flexibility index (Phi) is 32.2. The van der Waals surface area contributed by atoms with Crippen molar-refractivity contribution in [1.29, 1.82) is 5.26 Å². The van der Waals surface area contributed by atoms with E-state index in [1.807, 2.05) is 172 Å². The van der Waals surface area contributed by atoms with Gasteiger partial charge in [0.1, 0.15) is 11.6 Å². The van der Waals surface area contributed by atoms with Gasteiger partial charge in [0.2, 0.25) is 0 Å². The fourth-order valence-corrected chi connectivity index (χ4v) is 7.57. The zero-order valence-electron chi connectivity index (χ0n) is 46.7. The Morgan fingerprint density at radius 1 is 0.650 bits per heavy atom. The van der Waals surface area contributed by atoms with Crippen LogP contribution in [0.1, 0.15) is 82.0 Å². The first-order valence-electron chi connectivity index (χ1n) is 25.9. The predicted molar refractivity (Wildman–Crippen MR) is 319 cm³/mol. The van der Waals surface area contributed by atoms with Crippen molar-refractivity contribution in [3.05, 3.63) is 209 Å². The van der Waals surface area contributed by atoms with Gasteiger partial charge in [0.25, 0.3) is 0 Å². The van der Waals surface area contributed by atoms with Crippen molar-refractivity contribution in [2.24, 2.45) is 5.41 Å². The monoisotopic (exact) mass is 1230 g/mol. The summed E-state index contributed by atoms with van der Waals surface area (Å²) in [5, 5.41) is 32.3. The van der Waals surface area contributed by atoms with Gasteiger partial charge >= 0.3 is 35.0 Å². The molecule has 0 spiro atoms. The molecule has 432 valence electrons. The van der Waals surface area contributed by atoms with E-state index in [1.54, 1.807) is 12.1 Å². The van der Waals surface area contributed by atoms with Crippen molar-refractivity contribution in [1.82, 2.24) is 4.57 Å². The molecule has 1 heterocycles. The number of nitrogens with zero attached hydrogens (tertiary/aromatic N) is 2. The van der Waals surface area contributed by atoms with Gasteiger partial charge in [-0.1, -0.05) is 159 Å². The number of hydrogen-bond donors (Lipinski definition) is 5. The summed E-state index contributed by atoms with van der Waals surface area (Å²) < 4.78 is 53.7. The van der Waals surface area contributed by atoms with Gasteiger partial charge in [-0.15, -0.1) is 0 Å². The number of nitrogens with two attached hydrogens (primary N) is 2. The van der Waals surface area contributed by atoms with E-state index in [0.29, 0.717) is 56.4 Å². The van der Waals surface area contributed by atoms with Crippen LogP contribution in [0.5, 0.6) is 0 Å². The van der Waals surface area contributed by atoms with Crippen LogP contribution in [0.2, 0.25) is 0 Å². The van der Waals surface area contributed by atoms with Crippen LogP contribution in [0.4, 0.5) is 25.8 Å². The number of allylic oxidation sites excluding steroid dienone is 2. The molecule has 0 saturated carbocycles. The minimum absolute atomic E-state index is 0.0183. The molecule has 7 rings (SSSR count). The number of anilines is 3. The number of aliphatic hydroxyl groups is 2. The van der Waals surface area contributed by atoms with Crippen molar-refractivity contribution in [3.63, 3.8) is 0 Å². The third-order valence-corrected chi connectivity index (χ3v) is 11.6. The number of nitriles is 1. The molecule has 11 nitrogen and oxygen atoms in total. The van der Waals surface area contributed by atoms with E-state index in [2.05, 4.69) is 31.0 Å². The number of halogens is 4. The van der Waals surface area contributed by atoms with E-state index >= 15 is 0 Å². The number of aromatic nitrogens is 1. The summed E-state index contributed by atoms with van der Waals surface area (Å²) in [6, 6.07) is 49.2. The van der Waals surface area contributed by atoms with Crippen molar-refractivity contribution in [3.8, 4) is 17.9 Å². The number of ether oxygens (including phenoxy) is 4. The number of aliphatic hydroxyl groups excluding tert-OH is 2. The van der Waals surface area contributed by atoms with Crippen LogP contribution in [0.25, 0.3) is 10.9 Å². The number of hydrogen-bond acceptors (Lipinski definition) is 10. The molecule has 0 saturated heterocycles. The Hall–Kier alpha value is -6.09. The second kappa shape index (κ2) is 37.8. The van der Waals surface area contributed by atoms with E-state index in [-0.39, 0.29) is 53.6 Å². The number of benzene rings is 6. The van der Waals surface area contributed by atoms with Gasteiger partial charge < -0.3 is 50.5 Å². The third kappa shape index (κ3) is 26.0. The number of rotatable bonds is 22. The molecule has 0 radical (unpaired) electrons. The topological polar surface area (TPSA) is 170 Å². The maximum atomic E-state index is 14.4. The van der Waals surface area contributed by atoms with E-state index in [9.17, 15) is 19.0 Å². The van der Waals surface area contributed by atoms with Gasteiger partial charge in [-0.25, -0.2) is 8.78 Å². The fourth-order valence-electron chi connectivity index (χ4n) is 7.57. The Labute approximate surface area is 488 Å². The van der Waals surface area contributed by atoms with E-state index in [0.717, 1.165) is 33.3 Å². The maximum absolute atomic E-state index is 14.4. The zero-order chi connectivity index (χ0) is 58.8. The summed E-state index contributed by atoms with van der Waals surface area (Å²) in [5.41, 5.74) is 17.8. The van der Waals surface area contributed by atoms with Crippen LogP contribution in [0.3, 0.4) is 0 Å². The van der Waals surface area contributed by atoms with Gasteiger partial charge in [0.15, 0.2) is 0 Å². The summed E-state index contributed by atoms with van der Waals surface area (Å²) in [5.74, 6) is 5.30. The molecule has 1 aromatic heterocycles. The van der Waals surface area contributed by atoms with Gasteiger partial charge in [-0.3, -0.25) is 0 Å². The fraction of sp³-hybridized carbons (Fsp3) is 0.328. The molecule has 0 bridgehead atoms. The molecule has 0 fully saturated rings. The zero-order valence-corrected chi connectivity index (χ0v) is 49.8. The van der Waals surface area contributed by atoms with Crippen LogP contribution >= 0.6 is 19.1 Å². The van der Waals surface area contributed by atoms with E-state index in [4.69, 9.17) is 54.7 Å². The number of nitrogens with one attached hydrogen (secondary N) is 1. The second-order valence-electron chi connectivity index (χ2n) is 19.6. The normalized spacial score (nSPS) is 11.7. The summed E-state index contributed by atoms with van der Waals surface area (Å²) >= 11 is -0.106. The molecule has 7 N–H and O–H groups in total. The van der Waals surface area contributed by atoms with Crippen molar-refractivity contribution in [2.75, 3.05) is 49.8 Å². The third-order valence-electron chi connectivity index (χ3n) is 11.6. The van der Waals surface area contributed by atoms with Gasteiger partial charge in [0.05, 0.1) is 100 Å². The van der Waals surface area contributed by atoms with E-state index in [1.165, 1.54) is 25.1 Å². The average Bonchev–Trinajstić information content (AvgIpc) is 3.79. The molecule has 0 amide bonds. The Bertz CT molecular complexity index is 2970. The quantitative estimate of drug-likeness (QED) is 0.0190. The summed E-state index contributed by atoms with van der Waals surface area (Å²) in [6.45, 7) is 17.0. The van der Waals surface area contributed by atoms with Gasteiger partial charge in [-0.05, 0) is 68.1 Å². The molecule has 80 heavy (non-hydrogen) atoms. The Morgan fingerprint density at radius 2 is 1.06 bits per heavy atom. The first-order chi connectivity index (χ1) is 38.4. The Balaban J connectivity index is 0.000000360. The van der Waals surface area contributed by atoms with Gasteiger partial charge in [0, 0.05) is 53.1 Å². The standard InChI is InChI=1S/2C29H33FN2O3.C4H8.C2H3N.2ClH.Pd/c1-29(2,20-35-18-22-11-7-4-8-12-22)28-14-23-13-26(31)25(30)15-27(23)32(28)16-24(33)19-34-17-21-9-5-3-6-10-21;1-29(2,21-35-19-23-11-7-4-8-12-23)14-13-24-15-27(31)26(30)16-28(24)32-17-25(33)20-34-18-22-9-5-3-6-10-22;1-3-4-2;1-2-3;;;/h3-15,24,33H,16-20,31H2,1-2H3;3-12,15-16,25,32-33H,17-21,31H2,1-2H3;3-4H,1-2H3;1H3;2*1H;/q;;;;;;+2/p-2/b;;4-3+;;;;/t24-;25-;;;;;/m11...../s1. The van der Waals surface area contributed by atoms with Crippen LogP contribution < -0.4 is 16.8 Å². The van der Waals surface area contributed by atoms with Crippen LogP contribution in [-0.2, 0) is 73.3 Å². The first-order valence-corrected chi connectivity index (χ1v) is 29.9. The van der Waals surface area contributed by atoms with Crippen LogP contribution in [-0.4, -0.2) is 60.0 Å². The average molecular weight is 1230 g/mol. The SMILES string of the molecule is C/C=C/C.CC#N.CC(C)(C#Cc1cc(N)c(F)cc1NC[C@@H](O)COCc1ccccc1)COCc1ccccc1.CC(C)(COCc1ccccc1)c1cc2cc(N)c(F)cc2n1C[C@@H](O)COCc1ccccc1.[Cl][Pd][Cl]. The second-order valence-corrected chi connectivity index (χ2v) is 22.0. The van der Waals surface area contributed by atoms with Gasteiger partial charge in [-0.2, -0.15) is 5.26 Å². The summed E-state index contributed by atoms with van der Waals surface area (Å²) in [7, 11) is 9.63. The molecule has 16 heteroatoms. The van der Waals surface area contributed by atoms with Crippen LogP contribution in [0.15, 0.2) is 164 Å². The summed E-state index contributed by atoms with van der Waals surface area (Å²) in [4.78, 5) is 0. The van der Waals surface area contributed by atoms with Crippen molar-refractivity contribution >= 4 is 47.0 Å². The molecule has 0 aliphatic heterocycles. The van der Waals surface area contributed by atoms with Crippen molar-refractivity contribution < 1.29 is 53.9 Å². The minimum atomic E-state index is -0.775. The Morgan fingerprint density at radius 3 is 1.52 bits per heavy atom. The number of nitrogen functional groups attached to an aromatic ring is 2. The molecular formula is C64H77Cl2F2N5O6Pd.